The van der Waals surface area contributed by atoms with Crippen LogP contribution in [-0.4, -0.2) is 4.68 Å². The van der Waals surface area contributed by atoms with Gasteiger partial charge in [0.05, 0.1) is 13.6 Å². The van der Waals surface area contributed by atoms with Crippen LogP contribution in [0, 0.1) is 20.8 Å². The molecule has 0 aliphatic rings. The topological polar surface area (TPSA) is 40.0 Å². The lowest BCUT2D eigenvalue weighted by molar-refractivity contribution is -0.675. The molecule has 3 rings (SSSR count). The predicted molar refractivity (Wildman–Crippen MR) is 74.3 cm³/mol. The van der Waals surface area contributed by atoms with E-state index >= 15 is 0 Å². The molecule has 3 aromatic rings. The van der Waals surface area contributed by atoms with E-state index in [1.165, 1.54) is 10.4 Å². The molecule has 0 radical (unpaired) electrons. The summed E-state index contributed by atoms with van der Waals surface area (Å²) in [6.07, 6.45) is 1.98. The van der Waals surface area contributed by atoms with Crippen LogP contribution in [0.5, 0.6) is 0 Å². The molecule has 0 atom stereocenters. The number of rotatable bonds is 1. The summed E-state index contributed by atoms with van der Waals surface area (Å²) in [5.41, 5.74) is 2.05. The summed E-state index contributed by atoms with van der Waals surface area (Å²) in [5.74, 6) is 0.815. The number of hydrogen-bond donors (Lipinski definition) is 0. The zero-order chi connectivity index (χ0) is 13.6. The molecule has 0 aliphatic heterocycles. The van der Waals surface area contributed by atoms with E-state index < -0.39 is 0 Å². The zero-order valence-electron chi connectivity index (χ0n) is 11.1. The monoisotopic (exact) mass is 273 g/mol. The normalized spacial score (nSPS) is 11.1. The second kappa shape index (κ2) is 4.28. The lowest BCUT2D eigenvalue weighted by Crippen LogP contribution is -2.49. The quantitative estimate of drug-likeness (QED) is 0.618. The maximum Gasteiger partial charge on any atom is 0.408 e. The van der Waals surface area contributed by atoms with Crippen LogP contribution in [0.25, 0.3) is 10.9 Å². The van der Waals surface area contributed by atoms with Crippen LogP contribution in [0.3, 0.4) is 0 Å². The van der Waals surface area contributed by atoms with Gasteiger partial charge in [-0.25, -0.2) is 9.78 Å². The fourth-order valence-electron chi connectivity index (χ4n) is 2.12. The predicted octanol–water partition coefficient (Wildman–Crippen LogP) is 1.40. The number of nitrogens with zero attached hydrogens (tertiary/aromatic N) is 2. The molecular weight excluding hydrogens is 258 g/mol. The molecule has 96 valence electrons. The SMILES string of the molecule is Cc1c[n+](-n2c(C)[nH+]c3ccccc3c2=O)sc1C. The third kappa shape index (κ3) is 1.86. The van der Waals surface area contributed by atoms with Gasteiger partial charge in [-0.05, 0) is 26.0 Å². The number of aromatic amines is 1. The lowest BCUT2D eigenvalue weighted by Gasteiger charge is -1.95. The Hall–Kier alpha value is -2.01. The molecule has 19 heavy (non-hydrogen) atoms. The number of benzene rings is 1. The maximum absolute atomic E-state index is 12.6. The van der Waals surface area contributed by atoms with Crippen molar-refractivity contribution >= 4 is 22.4 Å². The molecule has 1 aromatic carbocycles. The van der Waals surface area contributed by atoms with Crippen LogP contribution in [0.1, 0.15) is 16.3 Å². The summed E-state index contributed by atoms with van der Waals surface area (Å²) in [6.45, 7) is 6.01. The molecule has 0 saturated heterocycles. The Kier molecular flexibility index (Phi) is 2.71. The molecule has 0 bridgehead atoms. The van der Waals surface area contributed by atoms with Crippen LogP contribution in [-0.2, 0) is 0 Å². The second-order valence-corrected chi connectivity index (χ2v) is 5.80. The molecule has 0 aliphatic carbocycles. The highest BCUT2D eigenvalue weighted by Gasteiger charge is 2.25. The van der Waals surface area contributed by atoms with Gasteiger partial charge in [0.15, 0.2) is 11.5 Å². The third-order valence-corrected chi connectivity index (χ3v) is 4.32. The molecule has 1 N–H and O–H groups in total. The van der Waals surface area contributed by atoms with E-state index in [-0.39, 0.29) is 5.56 Å². The van der Waals surface area contributed by atoms with Gasteiger partial charge in [0, 0.05) is 12.5 Å². The average Bonchev–Trinajstić information content (AvgIpc) is 2.69. The maximum atomic E-state index is 12.6. The number of aryl methyl sites for hydroxylation is 3. The standard InChI is InChI=1S/C14H14N3OS/c1-9-8-16(19-10(9)2)17-11(3)15-13-7-5-4-6-12(13)14(17)18/h4-8H,1-3H3/q+1/p+1. The van der Waals surface area contributed by atoms with Crippen LogP contribution in [0.4, 0.5) is 0 Å². The van der Waals surface area contributed by atoms with E-state index in [1.54, 1.807) is 16.2 Å². The van der Waals surface area contributed by atoms with Crippen LogP contribution in [0.15, 0.2) is 35.3 Å². The van der Waals surface area contributed by atoms with E-state index in [2.05, 4.69) is 11.9 Å². The van der Waals surface area contributed by atoms with Gasteiger partial charge in [-0.1, -0.05) is 12.1 Å². The third-order valence-electron chi connectivity index (χ3n) is 3.27. The average molecular weight is 273 g/mol. The van der Waals surface area contributed by atoms with Crippen molar-refractivity contribution in [3.05, 3.63) is 57.1 Å². The smallest absolute Gasteiger partial charge is 0.239 e. The summed E-state index contributed by atoms with van der Waals surface area (Å²) < 4.78 is 3.55. The van der Waals surface area contributed by atoms with Gasteiger partial charge in [0.1, 0.15) is 10.9 Å². The number of H-pyrrole nitrogens is 1. The first-order valence-electron chi connectivity index (χ1n) is 6.11. The fraction of sp³-hybridized carbons (Fsp3) is 0.214. The fourth-order valence-corrected chi connectivity index (χ4v) is 3.09. The van der Waals surface area contributed by atoms with Crippen molar-refractivity contribution in [2.45, 2.75) is 20.8 Å². The van der Waals surface area contributed by atoms with E-state index in [1.807, 2.05) is 48.4 Å². The Balaban J connectivity index is 2.38. The van der Waals surface area contributed by atoms with E-state index in [0.717, 1.165) is 11.3 Å². The first-order valence-corrected chi connectivity index (χ1v) is 6.89. The summed E-state index contributed by atoms with van der Waals surface area (Å²) in [5, 5.41) is 0.698. The van der Waals surface area contributed by atoms with Crippen molar-refractivity contribution in [3.63, 3.8) is 0 Å². The Morgan fingerprint density at radius 2 is 1.95 bits per heavy atom. The van der Waals surface area contributed by atoms with Gasteiger partial charge in [-0.15, -0.1) is 0 Å². The Morgan fingerprint density at radius 3 is 2.63 bits per heavy atom. The number of fused-ring (bicyclic) bond motifs is 1. The summed E-state index contributed by atoms with van der Waals surface area (Å²) in [4.78, 5) is 17.1. The lowest BCUT2D eigenvalue weighted by atomic mass is 10.2. The first-order chi connectivity index (χ1) is 9.08. The van der Waals surface area contributed by atoms with E-state index in [0.29, 0.717) is 5.39 Å². The summed E-state index contributed by atoms with van der Waals surface area (Å²) >= 11 is 1.56. The van der Waals surface area contributed by atoms with E-state index in [9.17, 15) is 4.79 Å². The minimum atomic E-state index is -0.00176. The molecule has 2 heterocycles. The molecule has 5 heteroatoms. The summed E-state index contributed by atoms with van der Waals surface area (Å²) in [7, 11) is 0. The van der Waals surface area contributed by atoms with Crippen LogP contribution in [0.2, 0.25) is 0 Å². The highest BCUT2D eigenvalue weighted by molar-refractivity contribution is 7.01. The molecular formula is C14H15N3OS+2. The van der Waals surface area contributed by atoms with Crippen molar-refractivity contribution in [3.8, 4) is 0 Å². The zero-order valence-corrected chi connectivity index (χ0v) is 11.9. The summed E-state index contributed by atoms with van der Waals surface area (Å²) in [6, 6.07) is 7.57. The highest BCUT2D eigenvalue weighted by atomic mass is 32.1. The molecule has 4 nitrogen and oxygen atoms in total. The van der Waals surface area contributed by atoms with Gasteiger partial charge >= 0.3 is 11.4 Å². The molecule has 0 amide bonds. The van der Waals surface area contributed by atoms with Gasteiger partial charge < -0.3 is 0 Å². The number of para-hydroxylation sites is 1. The highest BCUT2D eigenvalue weighted by Crippen LogP contribution is 2.08. The van der Waals surface area contributed by atoms with Gasteiger partial charge in [0.25, 0.3) is 0 Å². The Morgan fingerprint density at radius 1 is 1.21 bits per heavy atom. The van der Waals surface area contributed by atoms with Crippen molar-refractivity contribution < 1.29 is 9.05 Å². The number of hydrogen-bond acceptors (Lipinski definition) is 2. The number of nitrogens with one attached hydrogen (secondary N) is 1. The Labute approximate surface area is 114 Å². The molecule has 0 saturated carbocycles. The van der Waals surface area contributed by atoms with Crippen molar-refractivity contribution in [1.29, 1.82) is 0 Å². The van der Waals surface area contributed by atoms with Crippen molar-refractivity contribution in [1.82, 2.24) is 4.68 Å². The molecule has 0 fully saturated rings. The largest absolute Gasteiger partial charge is 0.408 e. The van der Waals surface area contributed by atoms with E-state index in [4.69, 9.17) is 0 Å². The van der Waals surface area contributed by atoms with Gasteiger partial charge in [-0.2, -0.15) is 0 Å². The minimum absolute atomic E-state index is 0.00176. The number of aromatic nitrogens is 3. The first kappa shape index (κ1) is 12.0. The Bertz CT molecular complexity index is 813. The van der Waals surface area contributed by atoms with Gasteiger partial charge in [0.2, 0.25) is 6.20 Å². The van der Waals surface area contributed by atoms with Crippen molar-refractivity contribution in [2.24, 2.45) is 0 Å². The van der Waals surface area contributed by atoms with Crippen LogP contribution < -0.4 is 14.6 Å². The molecule has 0 unspecified atom stereocenters. The van der Waals surface area contributed by atoms with Gasteiger partial charge in [-0.3, -0.25) is 0 Å². The molecule has 2 aromatic heterocycles. The molecule has 0 spiro atoms. The minimum Gasteiger partial charge on any atom is -0.239 e. The van der Waals surface area contributed by atoms with Crippen molar-refractivity contribution in [2.75, 3.05) is 0 Å². The second-order valence-electron chi connectivity index (χ2n) is 4.64. The van der Waals surface area contributed by atoms with Crippen LogP contribution >= 0.6 is 11.5 Å².